The predicted octanol–water partition coefficient (Wildman–Crippen LogP) is 0.607. The van der Waals surface area contributed by atoms with Gasteiger partial charge >= 0.3 is 6.03 Å². The van der Waals surface area contributed by atoms with Crippen molar-refractivity contribution in [1.29, 1.82) is 0 Å². The number of hydrogen-bond donors (Lipinski definition) is 3. The summed E-state index contributed by atoms with van der Waals surface area (Å²) in [4.78, 5) is 51.3. The van der Waals surface area contributed by atoms with Crippen LogP contribution in [0.1, 0.15) is 24.6 Å². The molecule has 3 fully saturated rings. The number of nitro benzene ring substituents is 1. The molecule has 3 saturated heterocycles. The van der Waals surface area contributed by atoms with Gasteiger partial charge in [-0.05, 0) is 18.4 Å². The van der Waals surface area contributed by atoms with Crippen LogP contribution in [0.5, 0.6) is 0 Å². The Bertz CT molecular complexity index is 973. The molecular weight excluding hydrogens is 464 g/mol. The van der Waals surface area contributed by atoms with Crippen molar-refractivity contribution >= 4 is 35.3 Å². The molecule has 3 aliphatic heterocycles. The maximum atomic E-state index is 13.0. The second-order valence-electron chi connectivity index (χ2n) is 8.55. The Morgan fingerprint density at radius 2 is 2.12 bits per heavy atom. The average Bonchev–Trinajstić information content (AvgIpc) is 3.37. The molecule has 3 heterocycles. The molecule has 0 saturated carbocycles. The number of non-ortho nitro benzene ring substituents is 1. The number of nitrogens with zero attached hydrogens (tertiary/aromatic N) is 3. The molecule has 13 heteroatoms. The van der Waals surface area contributed by atoms with Gasteiger partial charge in [-0.1, -0.05) is 12.1 Å². The van der Waals surface area contributed by atoms with E-state index < -0.39 is 34.6 Å². The summed E-state index contributed by atoms with van der Waals surface area (Å²) in [5.74, 6) is -1.09. The predicted molar refractivity (Wildman–Crippen MR) is 124 cm³/mol. The third kappa shape index (κ3) is 5.02. The fraction of sp³-hybridized carbons (Fsp3) is 0.571. The molecule has 1 aromatic rings. The first-order valence-electron chi connectivity index (χ1n) is 11.1. The number of urea groups is 1. The van der Waals surface area contributed by atoms with Gasteiger partial charge in [0.1, 0.15) is 0 Å². The molecular formula is C21H28N6O6S. The smallest absolute Gasteiger partial charge is 0.327 e. The summed E-state index contributed by atoms with van der Waals surface area (Å²) >= 11 is 1.27. The Morgan fingerprint density at radius 1 is 1.32 bits per heavy atom. The third-order valence-electron chi connectivity index (χ3n) is 6.32. The number of carbonyl (C=O) groups is 3. The van der Waals surface area contributed by atoms with Gasteiger partial charge in [-0.25, -0.2) is 4.79 Å². The summed E-state index contributed by atoms with van der Waals surface area (Å²) in [5.41, 5.74) is 0.526. The molecule has 5 atom stereocenters. The van der Waals surface area contributed by atoms with Gasteiger partial charge in [0.25, 0.3) is 5.69 Å². The zero-order valence-corrected chi connectivity index (χ0v) is 19.7. The van der Waals surface area contributed by atoms with Crippen molar-refractivity contribution in [3.8, 4) is 0 Å². The summed E-state index contributed by atoms with van der Waals surface area (Å²) in [6.07, 6.45) is 0.716. The van der Waals surface area contributed by atoms with Crippen LogP contribution in [0, 0.1) is 16.0 Å². The van der Waals surface area contributed by atoms with Crippen molar-refractivity contribution in [1.82, 2.24) is 25.8 Å². The van der Waals surface area contributed by atoms with Gasteiger partial charge in [0.15, 0.2) is 0 Å². The first-order chi connectivity index (χ1) is 16.3. The average molecular weight is 493 g/mol. The Balaban J connectivity index is 1.51. The van der Waals surface area contributed by atoms with Crippen LogP contribution in [-0.2, 0) is 14.3 Å². The SMILES string of the molecule is CN1C(=O)C2C(SCC(=O)NCC3CCCO3)NC(c3cccc([N+](=O)[O-])c3)NC2N(C)C1=O. The van der Waals surface area contributed by atoms with E-state index >= 15 is 0 Å². The lowest BCUT2D eigenvalue weighted by Gasteiger charge is -2.50. The van der Waals surface area contributed by atoms with Crippen molar-refractivity contribution in [2.45, 2.75) is 36.7 Å². The molecule has 0 spiro atoms. The highest BCUT2D eigenvalue weighted by molar-refractivity contribution is 8.00. The van der Waals surface area contributed by atoms with Crippen molar-refractivity contribution in [3.05, 3.63) is 39.9 Å². The fourth-order valence-corrected chi connectivity index (χ4v) is 5.60. The number of benzene rings is 1. The Hall–Kier alpha value is -2.74. The van der Waals surface area contributed by atoms with Crippen LogP contribution in [-0.4, -0.2) is 83.2 Å². The first kappa shape index (κ1) is 24.4. The largest absolute Gasteiger partial charge is 0.376 e. The number of nitro groups is 1. The normalized spacial score (nSPS) is 29.2. The molecule has 0 aliphatic carbocycles. The molecule has 1 aromatic carbocycles. The zero-order valence-electron chi connectivity index (χ0n) is 18.9. The maximum absolute atomic E-state index is 13.0. The van der Waals surface area contributed by atoms with E-state index in [4.69, 9.17) is 4.74 Å². The number of carbonyl (C=O) groups excluding carboxylic acids is 3. The number of thioether (sulfide) groups is 1. The van der Waals surface area contributed by atoms with Crippen molar-refractivity contribution in [2.24, 2.45) is 5.92 Å². The van der Waals surface area contributed by atoms with Gasteiger partial charge in [-0.2, -0.15) is 0 Å². The van der Waals surface area contributed by atoms with Crippen LogP contribution in [0.3, 0.4) is 0 Å². The highest BCUT2D eigenvalue weighted by atomic mass is 32.2. The zero-order chi connectivity index (χ0) is 24.4. The molecule has 4 rings (SSSR count). The van der Waals surface area contributed by atoms with Crippen LogP contribution in [0.25, 0.3) is 0 Å². The minimum Gasteiger partial charge on any atom is -0.376 e. The minimum atomic E-state index is -0.654. The molecule has 5 unspecified atom stereocenters. The van der Waals surface area contributed by atoms with Crippen molar-refractivity contribution in [3.63, 3.8) is 0 Å². The fourth-order valence-electron chi connectivity index (χ4n) is 4.46. The number of hydrogen-bond acceptors (Lipinski definition) is 9. The van der Waals surface area contributed by atoms with E-state index in [9.17, 15) is 24.5 Å². The molecule has 184 valence electrons. The summed E-state index contributed by atoms with van der Waals surface area (Å²) in [7, 11) is 3.03. The van der Waals surface area contributed by atoms with Crippen molar-refractivity contribution in [2.75, 3.05) is 33.0 Å². The Labute approximate surface area is 200 Å². The molecule has 0 radical (unpaired) electrons. The third-order valence-corrected chi connectivity index (χ3v) is 7.53. The lowest BCUT2D eigenvalue weighted by molar-refractivity contribution is -0.385. The van der Waals surface area contributed by atoms with Gasteiger partial charge < -0.3 is 15.0 Å². The summed E-state index contributed by atoms with van der Waals surface area (Å²) in [5, 5.41) is 20.1. The number of nitrogens with one attached hydrogen (secondary N) is 3. The van der Waals surface area contributed by atoms with Crippen LogP contribution >= 0.6 is 11.8 Å². The maximum Gasteiger partial charge on any atom is 0.327 e. The van der Waals surface area contributed by atoms with Gasteiger partial charge in [0, 0.05) is 39.4 Å². The lowest BCUT2D eigenvalue weighted by Crippen LogP contribution is -2.72. The highest BCUT2D eigenvalue weighted by Gasteiger charge is 2.51. The molecule has 3 N–H and O–H groups in total. The number of rotatable bonds is 7. The lowest BCUT2D eigenvalue weighted by atomic mass is 9.96. The van der Waals surface area contributed by atoms with E-state index in [2.05, 4.69) is 16.0 Å². The molecule has 4 amide bonds. The Kier molecular flexibility index (Phi) is 7.36. The van der Waals surface area contributed by atoms with E-state index in [0.717, 1.165) is 17.7 Å². The summed E-state index contributed by atoms with van der Waals surface area (Å²) in [6.45, 7) is 1.15. The molecule has 12 nitrogen and oxygen atoms in total. The number of amides is 4. The van der Waals surface area contributed by atoms with Crippen LogP contribution in [0.15, 0.2) is 24.3 Å². The quantitative estimate of drug-likeness (QED) is 0.368. The van der Waals surface area contributed by atoms with E-state index in [0.29, 0.717) is 18.7 Å². The van der Waals surface area contributed by atoms with Crippen LogP contribution < -0.4 is 16.0 Å². The van der Waals surface area contributed by atoms with Crippen LogP contribution in [0.4, 0.5) is 10.5 Å². The number of ether oxygens (including phenoxy) is 1. The number of fused-ring (bicyclic) bond motifs is 1. The molecule has 34 heavy (non-hydrogen) atoms. The van der Waals surface area contributed by atoms with Gasteiger partial charge in [0.05, 0.1) is 40.4 Å². The molecule has 0 aromatic heterocycles. The van der Waals surface area contributed by atoms with Gasteiger partial charge in [-0.3, -0.25) is 35.2 Å². The van der Waals surface area contributed by atoms with Crippen LogP contribution in [0.2, 0.25) is 0 Å². The first-order valence-corrected chi connectivity index (χ1v) is 12.1. The summed E-state index contributed by atoms with van der Waals surface area (Å²) < 4.78 is 5.53. The number of imide groups is 1. The van der Waals surface area contributed by atoms with E-state index in [1.807, 2.05) is 0 Å². The second kappa shape index (κ2) is 10.3. The van der Waals surface area contributed by atoms with E-state index in [1.54, 1.807) is 19.2 Å². The standard InChI is InChI=1S/C21H28N6O6S/c1-25-18-16(20(29)26(2)21(25)30)19(34-11-15(28)22-10-14-7-4-8-33-14)24-17(23-18)12-5-3-6-13(9-12)27(31)32/h3,5-6,9,14,16-19,23-24H,4,7-8,10-11H2,1-2H3,(H,22,28). The van der Waals surface area contributed by atoms with E-state index in [1.165, 1.54) is 35.8 Å². The molecule has 3 aliphatic rings. The second-order valence-corrected chi connectivity index (χ2v) is 9.68. The topological polar surface area (TPSA) is 146 Å². The van der Waals surface area contributed by atoms with Crippen molar-refractivity contribution < 1.29 is 24.0 Å². The van der Waals surface area contributed by atoms with Gasteiger partial charge in [0.2, 0.25) is 11.8 Å². The monoisotopic (exact) mass is 492 g/mol. The minimum absolute atomic E-state index is 0.0295. The Morgan fingerprint density at radius 3 is 2.82 bits per heavy atom. The summed E-state index contributed by atoms with van der Waals surface area (Å²) in [6, 6.07) is 5.70. The highest BCUT2D eigenvalue weighted by Crippen LogP contribution is 2.34. The molecule has 0 bridgehead atoms. The van der Waals surface area contributed by atoms with E-state index in [-0.39, 0.29) is 29.4 Å². The van der Waals surface area contributed by atoms with Gasteiger partial charge in [-0.15, -0.1) is 11.8 Å².